The highest BCUT2D eigenvalue weighted by molar-refractivity contribution is 5.87. The maximum absolute atomic E-state index is 9.35. The third-order valence-corrected chi connectivity index (χ3v) is 3.91. The van der Waals surface area contributed by atoms with Crippen molar-refractivity contribution < 1.29 is 0 Å². The van der Waals surface area contributed by atoms with Gasteiger partial charge in [-0.15, -0.1) is 0 Å². The van der Waals surface area contributed by atoms with Gasteiger partial charge in [0.1, 0.15) is 6.07 Å². The molecule has 1 aromatic heterocycles. The van der Waals surface area contributed by atoms with Gasteiger partial charge in [-0.3, -0.25) is 0 Å². The zero-order valence-electron chi connectivity index (χ0n) is 10.9. The summed E-state index contributed by atoms with van der Waals surface area (Å²) in [6.07, 6.45) is 2.01. The predicted octanol–water partition coefficient (Wildman–Crippen LogP) is 4.06. The van der Waals surface area contributed by atoms with Crippen LogP contribution in [0.4, 0.5) is 0 Å². The van der Waals surface area contributed by atoms with E-state index >= 15 is 0 Å². The number of benzene rings is 2. The lowest BCUT2D eigenvalue weighted by molar-refractivity contribution is 0.820. The van der Waals surface area contributed by atoms with Crippen LogP contribution in [0.25, 0.3) is 22.4 Å². The molecule has 0 aliphatic carbocycles. The number of aromatic nitrogens is 1. The minimum atomic E-state index is 0.741. The highest BCUT2D eigenvalue weighted by atomic mass is 15.0. The fourth-order valence-electron chi connectivity index (χ4n) is 3.02. The molecule has 0 atom stereocenters. The number of fused-ring (bicyclic) bond motifs is 5. The van der Waals surface area contributed by atoms with Crippen molar-refractivity contribution in [3.8, 4) is 28.5 Å². The first-order valence-electron chi connectivity index (χ1n) is 6.65. The Morgan fingerprint density at radius 1 is 0.850 bits per heavy atom. The Kier molecular flexibility index (Phi) is 2.27. The van der Waals surface area contributed by atoms with Gasteiger partial charge in [0, 0.05) is 18.3 Å². The van der Waals surface area contributed by atoms with Gasteiger partial charge in [-0.1, -0.05) is 48.5 Å². The lowest BCUT2D eigenvalue weighted by atomic mass is 9.94. The number of nitrogens with zero attached hydrogens (tertiary/aromatic N) is 2. The molecule has 1 aliphatic rings. The van der Waals surface area contributed by atoms with Gasteiger partial charge < -0.3 is 4.57 Å². The molecule has 0 saturated heterocycles. The molecule has 4 rings (SSSR count). The summed E-state index contributed by atoms with van der Waals surface area (Å²) in [5.74, 6) is 0. The molecule has 0 saturated carbocycles. The van der Waals surface area contributed by atoms with E-state index in [0.29, 0.717) is 0 Å². The van der Waals surface area contributed by atoms with Crippen LogP contribution < -0.4 is 0 Å². The summed E-state index contributed by atoms with van der Waals surface area (Å²) in [6, 6.07) is 21.0. The summed E-state index contributed by atoms with van der Waals surface area (Å²) >= 11 is 0. The number of hydrogen-bond donors (Lipinski definition) is 0. The molecular weight excluding hydrogens is 244 g/mol. The number of hydrogen-bond acceptors (Lipinski definition) is 1. The molecule has 0 fully saturated rings. The third kappa shape index (κ3) is 1.44. The second-order valence-electron chi connectivity index (χ2n) is 5.02. The zero-order chi connectivity index (χ0) is 13.5. The van der Waals surface area contributed by atoms with E-state index in [1.807, 2.05) is 18.3 Å². The highest BCUT2D eigenvalue weighted by Crippen LogP contribution is 2.39. The standard InChI is InChI=1S/C18H12N2/c19-11-13-9-10-20-12-14-5-1-2-6-15(14)16-7-3-4-8-17(16)18(13)20/h1-10H,12H2. The van der Waals surface area contributed by atoms with Crippen LogP contribution in [0.2, 0.25) is 0 Å². The summed E-state index contributed by atoms with van der Waals surface area (Å²) in [6.45, 7) is 0.807. The van der Waals surface area contributed by atoms with Crippen molar-refractivity contribution in [1.82, 2.24) is 4.57 Å². The fourth-order valence-corrected chi connectivity index (χ4v) is 3.02. The van der Waals surface area contributed by atoms with Crippen molar-refractivity contribution in [2.75, 3.05) is 0 Å². The van der Waals surface area contributed by atoms with Gasteiger partial charge in [0.2, 0.25) is 0 Å². The molecule has 2 heteroatoms. The molecule has 94 valence electrons. The minimum absolute atomic E-state index is 0.741. The van der Waals surface area contributed by atoms with Crippen molar-refractivity contribution in [1.29, 1.82) is 5.26 Å². The Morgan fingerprint density at radius 2 is 1.55 bits per heavy atom. The van der Waals surface area contributed by atoms with Crippen LogP contribution in [0, 0.1) is 11.3 Å². The molecule has 1 aliphatic heterocycles. The van der Waals surface area contributed by atoms with Crippen LogP contribution >= 0.6 is 0 Å². The summed E-state index contributed by atoms with van der Waals surface area (Å²) in [5.41, 5.74) is 6.66. The van der Waals surface area contributed by atoms with E-state index < -0.39 is 0 Å². The minimum Gasteiger partial charge on any atom is -0.342 e. The van der Waals surface area contributed by atoms with Crippen molar-refractivity contribution in [3.63, 3.8) is 0 Å². The molecular formula is C18H12N2. The van der Waals surface area contributed by atoms with Crippen molar-refractivity contribution in [2.24, 2.45) is 0 Å². The van der Waals surface area contributed by atoms with E-state index in [1.54, 1.807) is 0 Å². The van der Waals surface area contributed by atoms with E-state index in [-0.39, 0.29) is 0 Å². The highest BCUT2D eigenvalue weighted by Gasteiger charge is 2.20. The SMILES string of the molecule is N#Cc1ccn2c1-c1ccccc1-c1ccccc1C2. The molecule has 0 bridgehead atoms. The lowest BCUT2D eigenvalue weighted by Gasteiger charge is -2.08. The quantitative estimate of drug-likeness (QED) is 0.466. The number of nitriles is 1. The summed E-state index contributed by atoms with van der Waals surface area (Å²) in [5, 5.41) is 9.35. The first kappa shape index (κ1) is 11.1. The molecule has 0 N–H and O–H groups in total. The molecule has 0 amide bonds. The van der Waals surface area contributed by atoms with Gasteiger partial charge in [-0.05, 0) is 22.8 Å². The Bertz CT molecular complexity index is 850. The second-order valence-corrected chi connectivity index (χ2v) is 5.02. The Morgan fingerprint density at radius 3 is 2.35 bits per heavy atom. The van der Waals surface area contributed by atoms with E-state index in [0.717, 1.165) is 23.4 Å². The van der Waals surface area contributed by atoms with Gasteiger partial charge in [0.05, 0.1) is 11.3 Å². The van der Waals surface area contributed by atoms with Crippen LogP contribution in [0.15, 0.2) is 60.8 Å². The van der Waals surface area contributed by atoms with E-state index in [9.17, 15) is 5.26 Å². The summed E-state index contributed by atoms with van der Waals surface area (Å²) < 4.78 is 2.17. The fraction of sp³-hybridized carbons (Fsp3) is 0.0556. The zero-order valence-corrected chi connectivity index (χ0v) is 10.9. The van der Waals surface area contributed by atoms with Crippen LogP contribution in [-0.4, -0.2) is 4.57 Å². The van der Waals surface area contributed by atoms with Crippen molar-refractivity contribution in [2.45, 2.75) is 6.54 Å². The lowest BCUT2D eigenvalue weighted by Crippen LogP contribution is -1.98. The molecule has 0 spiro atoms. The summed E-state index contributed by atoms with van der Waals surface area (Å²) in [7, 11) is 0. The molecule has 2 nitrogen and oxygen atoms in total. The first-order chi connectivity index (χ1) is 9.88. The molecule has 2 heterocycles. The monoisotopic (exact) mass is 256 g/mol. The van der Waals surface area contributed by atoms with Gasteiger partial charge in [-0.25, -0.2) is 0 Å². The largest absolute Gasteiger partial charge is 0.342 e. The van der Waals surface area contributed by atoms with Crippen LogP contribution in [0.5, 0.6) is 0 Å². The van der Waals surface area contributed by atoms with Crippen LogP contribution in [-0.2, 0) is 6.54 Å². The van der Waals surface area contributed by atoms with Crippen molar-refractivity contribution in [3.05, 3.63) is 71.9 Å². The number of rotatable bonds is 0. The molecule has 0 radical (unpaired) electrons. The average molecular weight is 256 g/mol. The van der Waals surface area contributed by atoms with Gasteiger partial charge in [0.15, 0.2) is 0 Å². The Labute approximate surface area is 117 Å². The van der Waals surface area contributed by atoms with E-state index in [2.05, 4.69) is 53.1 Å². The Hall–Kier alpha value is -2.79. The average Bonchev–Trinajstić information content (AvgIpc) is 2.84. The normalized spacial score (nSPS) is 11.8. The maximum atomic E-state index is 9.35. The van der Waals surface area contributed by atoms with Gasteiger partial charge >= 0.3 is 0 Å². The third-order valence-electron chi connectivity index (χ3n) is 3.91. The van der Waals surface area contributed by atoms with Crippen molar-refractivity contribution >= 4 is 0 Å². The molecule has 2 aromatic carbocycles. The molecule has 3 aromatic rings. The molecule has 0 unspecified atom stereocenters. The predicted molar refractivity (Wildman–Crippen MR) is 79.1 cm³/mol. The topological polar surface area (TPSA) is 28.7 Å². The first-order valence-corrected chi connectivity index (χ1v) is 6.65. The molecule has 20 heavy (non-hydrogen) atoms. The van der Waals surface area contributed by atoms with Gasteiger partial charge in [0.25, 0.3) is 0 Å². The van der Waals surface area contributed by atoms with Crippen LogP contribution in [0.3, 0.4) is 0 Å². The van der Waals surface area contributed by atoms with E-state index in [1.165, 1.54) is 16.7 Å². The summed E-state index contributed by atoms with van der Waals surface area (Å²) in [4.78, 5) is 0. The second kappa shape index (κ2) is 4.11. The van der Waals surface area contributed by atoms with E-state index in [4.69, 9.17) is 0 Å². The Balaban J connectivity index is 2.14. The smallest absolute Gasteiger partial charge is 0.101 e. The van der Waals surface area contributed by atoms with Crippen LogP contribution in [0.1, 0.15) is 11.1 Å². The maximum Gasteiger partial charge on any atom is 0.101 e. The van der Waals surface area contributed by atoms with Gasteiger partial charge in [-0.2, -0.15) is 5.26 Å².